The molecule has 0 radical (unpaired) electrons. The minimum absolute atomic E-state index is 0.0441. The van der Waals surface area contributed by atoms with Gasteiger partial charge in [0.1, 0.15) is 0 Å². The molecular weight excluding hydrogens is 278 g/mol. The maximum absolute atomic E-state index is 12.3. The SMILES string of the molecule is CC(=O)N1CCC[C@H](C(=O)NCc2ccc(N(C)C)cc2)C1. The number of carbonyl (C=O) groups is 2. The first kappa shape index (κ1) is 16.3. The third kappa shape index (κ3) is 4.23. The van der Waals surface area contributed by atoms with Crippen molar-refractivity contribution in [3.05, 3.63) is 29.8 Å². The Bertz CT molecular complexity index is 525. The molecule has 5 heteroatoms. The van der Waals surface area contributed by atoms with Crippen molar-refractivity contribution in [1.29, 1.82) is 0 Å². The summed E-state index contributed by atoms with van der Waals surface area (Å²) >= 11 is 0. The third-order valence-electron chi connectivity index (χ3n) is 4.16. The maximum Gasteiger partial charge on any atom is 0.225 e. The van der Waals surface area contributed by atoms with Crippen LogP contribution in [-0.4, -0.2) is 43.9 Å². The molecule has 22 heavy (non-hydrogen) atoms. The number of likely N-dealkylation sites (tertiary alicyclic amines) is 1. The first-order valence-electron chi connectivity index (χ1n) is 7.77. The Kier molecular flexibility index (Phi) is 5.41. The van der Waals surface area contributed by atoms with Crippen molar-refractivity contribution in [3.63, 3.8) is 0 Å². The molecule has 0 bridgehead atoms. The molecule has 0 saturated carbocycles. The van der Waals surface area contributed by atoms with E-state index in [-0.39, 0.29) is 17.7 Å². The zero-order valence-corrected chi connectivity index (χ0v) is 13.6. The standard InChI is InChI=1S/C17H25N3O2/c1-13(21)20-10-4-5-15(12-20)17(22)18-11-14-6-8-16(9-7-14)19(2)3/h6-9,15H,4-5,10-12H2,1-3H3,(H,18,22)/t15-/m0/s1. The largest absolute Gasteiger partial charge is 0.378 e. The van der Waals surface area contributed by atoms with Gasteiger partial charge in [0.05, 0.1) is 5.92 Å². The molecule has 0 aromatic heterocycles. The minimum atomic E-state index is -0.0845. The number of nitrogens with zero attached hydrogens (tertiary/aromatic N) is 2. The van der Waals surface area contributed by atoms with Crippen molar-refractivity contribution in [2.24, 2.45) is 5.92 Å². The fraction of sp³-hybridized carbons (Fsp3) is 0.529. The van der Waals surface area contributed by atoms with Crippen molar-refractivity contribution in [3.8, 4) is 0 Å². The zero-order valence-electron chi connectivity index (χ0n) is 13.6. The summed E-state index contributed by atoms with van der Waals surface area (Å²) in [6.45, 7) is 3.40. The first-order chi connectivity index (χ1) is 10.5. The van der Waals surface area contributed by atoms with Gasteiger partial charge in [0.2, 0.25) is 11.8 Å². The Labute approximate surface area is 132 Å². The van der Waals surface area contributed by atoms with Gasteiger partial charge in [-0.15, -0.1) is 0 Å². The van der Waals surface area contributed by atoms with Crippen LogP contribution < -0.4 is 10.2 Å². The highest BCUT2D eigenvalue weighted by Crippen LogP contribution is 2.17. The van der Waals surface area contributed by atoms with Crippen LogP contribution in [-0.2, 0) is 16.1 Å². The summed E-state index contributed by atoms with van der Waals surface area (Å²) < 4.78 is 0. The van der Waals surface area contributed by atoms with Crippen LogP contribution in [0.4, 0.5) is 5.69 Å². The Morgan fingerprint density at radius 3 is 2.55 bits per heavy atom. The summed E-state index contributed by atoms with van der Waals surface area (Å²) in [6, 6.07) is 8.13. The van der Waals surface area contributed by atoms with E-state index in [2.05, 4.69) is 5.32 Å². The van der Waals surface area contributed by atoms with E-state index >= 15 is 0 Å². The average Bonchev–Trinajstić information content (AvgIpc) is 2.53. The van der Waals surface area contributed by atoms with Crippen molar-refractivity contribution in [2.75, 3.05) is 32.1 Å². The summed E-state index contributed by atoms with van der Waals surface area (Å²) in [7, 11) is 4.00. The van der Waals surface area contributed by atoms with E-state index in [1.54, 1.807) is 11.8 Å². The Morgan fingerprint density at radius 1 is 1.27 bits per heavy atom. The van der Waals surface area contributed by atoms with E-state index in [0.717, 1.165) is 30.6 Å². The van der Waals surface area contributed by atoms with Gasteiger partial charge in [-0.2, -0.15) is 0 Å². The number of amides is 2. The van der Waals surface area contributed by atoms with Crippen LogP contribution in [0, 0.1) is 5.92 Å². The van der Waals surface area contributed by atoms with Crippen LogP contribution in [0.3, 0.4) is 0 Å². The van der Waals surface area contributed by atoms with Crippen molar-refractivity contribution >= 4 is 17.5 Å². The van der Waals surface area contributed by atoms with Gasteiger partial charge in [-0.3, -0.25) is 9.59 Å². The van der Waals surface area contributed by atoms with Crippen LogP contribution in [0.1, 0.15) is 25.3 Å². The quantitative estimate of drug-likeness (QED) is 0.920. The van der Waals surface area contributed by atoms with Gasteiger partial charge < -0.3 is 15.1 Å². The van der Waals surface area contributed by atoms with Gasteiger partial charge in [-0.05, 0) is 30.5 Å². The second kappa shape index (κ2) is 7.29. The highest BCUT2D eigenvalue weighted by atomic mass is 16.2. The van der Waals surface area contributed by atoms with Crippen molar-refractivity contribution in [2.45, 2.75) is 26.3 Å². The van der Waals surface area contributed by atoms with Gasteiger partial charge in [-0.1, -0.05) is 12.1 Å². The average molecular weight is 303 g/mol. The molecule has 2 amide bonds. The maximum atomic E-state index is 12.3. The Morgan fingerprint density at radius 2 is 1.95 bits per heavy atom. The van der Waals surface area contributed by atoms with Crippen LogP contribution in [0.5, 0.6) is 0 Å². The number of hydrogen-bond acceptors (Lipinski definition) is 3. The van der Waals surface area contributed by atoms with E-state index in [1.807, 2.05) is 43.3 Å². The van der Waals surface area contributed by atoms with Gasteiger partial charge >= 0.3 is 0 Å². The van der Waals surface area contributed by atoms with Crippen molar-refractivity contribution < 1.29 is 9.59 Å². The van der Waals surface area contributed by atoms with Crippen molar-refractivity contribution in [1.82, 2.24) is 10.2 Å². The molecule has 0 unspecified atom stereocenters. The number of piperidine rings is 1. The Hall–Kier alpha value is -2.04. The molecule has 1 aromatic rings. The monoisotopic (exact) mass is 303 g/mol. The molecule has 2 rings (SSSR count). The number of nitrogens with one attached hydrogen (secondary N) is 1. The fourth-order valence-electron chi connectivity index (χ4n) is 2.72. The van der Waals surface area contributed by atoms with Gasteiger partial charge in [-0.25, -0.2) is 0 Å². The molecule has 1 heterocycles. The highest BCUT2D eigenvalue weighted by Gasteiger charge is 2.26. The molecule has 1 saturated heterocycles. The summed E-state index contributed by atoms with van der Waals surface area (Å²) in [6.07, 6.45) is 1.75. The minimum Gasteiger partial charge on any atom is -0.378 e. The topological polar surface area (TPSA) is 52.7 Å². The van der Waals surface area contributed by atoms with Crippen LogP contribution >= 0.6 is 0 Å². The fourth-order valence-corrected chi connectivity index (χ4v) is 2.72. The lowest BCUT2D eigenvalue weighted by Gasteiger charge is -2.31. The van der Waals surface area contributed by atoms with E-state index in [4.69, 9.17) is 0 Å². The number of benzene rings is 1. The Balaban J connectivity index is 1.85. The number of rotatable bonds is 4. The lowest BCUT2D eigenvalue weighted by Crippen LogP contribution is -2.44. The first-order valence-corrected chi connectivity index (χ1v) is 7.77. The molecule has 0 spiro atoms. The van der Waals surface area contributed by atoms with Crippen LogP contribution in [0.25, 0.3) is 0 Å². The van der Waals surface area contributed by atoms with E-state index in [0.29, 0.717) is 13.1 Å². The van der Waals surface area contributed by atoms with E-state index in [9.17, 15) is 9.59 Å². The number of anilines is 1. The highest BCUT2D eigenvalue weighted by molar-refractivity contribution is 5.80. The lowest BCUT2D eigenvalue weighted by molar-refractivity contribution is -0.134. The van der Waals surface area contributed by atoms with Gasteiger partial charge in [0.15, 0.2) is 0 Å². The van der Waals surface area contributed by atoms with E-state index < -0.39 is 0 Å². The van der Waals surface area contributed by atoms with E-state index in [1.165, 1.54) is 0 Å². The molecule has 1 atom stereocenters. The molecule has 1 fully saturated rings. The zero-order chi connectivity index (χ0) is 16.1. The normalized spacial score (nSPS) is 18.0. The predicted octanol–water partition coefficient (Wildman–Crippen LogP) is 1.63. The molecular formula is C17H25N3O2. The smallest absolute Gasteiger partial charge is 0.225 e. The molecule has 120 valence electrons. The second-order valence-corrected chi connectivity index (χ2v) is 6.08. The summed E-state index contributed by atoms with van der Waals surface area (Å²) in [5, 5.41) is 2.99. The second-order valence-electron chi connectivity index (χ2n) is 6.08. The number of hydrogen-bond donors (Lipinski definition) is 1. The molecule has 1 aromatic carbocycles. The lowest BCUT2D eigenvalue weighted by atomic mass is 9.97. The number of carbonyl (C=O) groups excluding carboxylic acids is 2. The molecule has 1 aliphatic rings. The van der Waals surface area contributed by atoms with Crippen LogP contribution in [0.15, 0.2) is 24.3 Å². The molecule has 5 nitrogen and oxygen atoms in total. The third-order valence-corrected chi connectivity index (χ3v) is 4.16. The predicted molar refractivity (Wildman–Crippen MR) is 87.6 cm³/mol. The van der Waals surface area contributed by atoms with Gasteiger partial charge in [0.25, 0.3) is 0 Å². The summed E-state index contributed by atoms with van der Waals surface area (Å²) in [4.78, 5) is 27.5. The molecule has 0 aliphatic carbocycles. The molecule has 1 N–H and O–H groups in total. The molecule has 1 aliphatic heterocycles. The summed E-state index contributed by atoms with van der Waals surface area (Å²) in [5.74, 6) is 0.0121. The van der Waals surface area contributed by atoms with Crippen LogP contribution in [0.2, 0.25) is 0 Å². The van der Waals surface area contributed by atoms with Gasteiger partial charge in [0, 0.05) is 46.3 Å². The summed E-state index contributed by atoms with van der Waals surface area (Å²) in [5.41, 5.74) is 2.22.